The van der Waals surface area contributed by atoms with E-state index in [0.29, 0.717) is 33.6 Å². The SMILES string of the molecule is C[C@H]1CCCC[C@@H]1NC(=O)COC(=O)c1cc(-c2ccc(F)cc2)nc2ccccc12. The van der Waals surface area contributed by atoms with Gasteiger partial charge in [0.15, 0.2) is 6.61 Å². The van der Waals surface area contributed by atoms with E-state index < -0.39 is 5.97 Å². The smallest absolute Gasteiger partial charge is 0.339 e. The first kappa shape index (κ1) is 21.0. The minimum atomic E-state index is -0.589. The van der Waals surface area contributed by atoms with Crippen LogP contribution in [0.15, 0.2) is 54.6 Å². The monoisotopic (exact) mass is 420 g/mol. The first-order valence-electron chi connectivity index (χ1n) is 10.6. The van der Waals surface area contributed by atoms with E-state index in [-0.39, 0.29) is 24.4 Å². The molecule has 1 amide bonds. The highest BCUT2D eigenvalue weighted by Crippen LogP contribution is 2.26. The average Bonchev–Trinajstić information content (AvgIpc) is 2.79. The number of carbonyl (C=O) groups excluding carboxylic acids is 2. The molecule has 4 rings (SSSR count). The summed E-state index contributed by atoms with van der Waals surface area (Å²) in [4.78, 5) is 29.8. The number of fused-ring (bicyclic) bond motifs is 1. The third-order valence-corrected chi connectivity index (χ3v) is 5.87. The van der Waals surface area contributed by atoms with E-state index in [4.69, 9.17) is 4.74 Å². The molecule has 0 unspecified atom stereocenters. The molecule has 0 saturated heterocycles. The summed E-state index contributed by atoms with van der Waals surface area (Å²) >= 11 is 0. The van der Waals surface area contributed by atoms with E-state index in [1.54, 1.807) is 30.3 Å². The minimum Gasteiger partial charge on any atom is -0.452 e. The minimum absolute atomic E-state index is 0.131. The molecule has 1 heterocycles. The largest absolute Gasteiger partial charge is 0.452 e. The van der Waals surface area contributed by atoms with E-state index in [2.05, 4.69) is 17.2 Å². The molecule has 1 fully saturated rings. The fourth-order valence-corrected chi connectivity index (χ4v) is 4.10. The van der Waals surface area contributed by atoms with Crippen LogP contribution in [0.5, 0.6) is 0 Å². The van der Waals surface area contributed by atoms with Crippen molar-refractivity contribution in [2.45, 2.75) is 38.6 Å². The zero-order valence-corrected chi connectivity index (χ0v) is 17.4. The maximum absolute atomic E-state index is 13.3. The fourth-order valence-electron chi connectivity index (χ4n) is 4.10. The predicted molar refractivity (Wildman–Crippen MR) is 117 cm³/mol. The van der Waals surface area contributed by atoms with E-state index in [1.807, 2.05) is 12.1 Å². The van der Waals surface area contributed by atoms with E-state index in [1.165, 1.54) is 18.6 Å². The normalized spacial score (nSPS) is 18.5. The van der Waals surface area contributed by atoms with Crippen molar-refractivity contribution < 1.29 is 18.7 Å². The molecule has 3 aromatic rings. The molecule has 6 heteroatoms. The molecule has 0 bridgehead atoms. The third-order valence-electron chi connectivity index (χ3n) is 5.87. The number of hydrogen-bond donors (Lipinski definition) is 1. The third kappa shape index (κ3) is 4.90. The van der Waals surface area contributed by atoms with E-state index in [0.717, 1.165) is 19.3 Å². The number of carbonyl (C=O) groups is 2. The van der Waals surface area contributed by atoms with Crippen LogP contribution in [0.2, 0.25) is 0 Å². The van der Waals surface area contributed by atoms with Crippen LogP contribution in [-0.2, 0) is 9.53 Å². The first-order valence-corrected chi connectivity index (χ1v) is 10.6. The summed E-state index contributed by atoms with van der Waals surface area (Å²) in [7, 11) is 0. The van der Waals surface area contributed by atoms with E-state index >= 15 is 0 Å². The molecule has 0 spiro atoms. The number of esters is 1. The predicted octanol–water partition coefficient (Wildman–Crippen LogP) is 4.89. The van der Waals surface area contributed by atoms with Gasteiger partial charge in [-0.25, -0.2) is 14.2 Å². The van der Waals surface area contributed by atoms with Crippen LogP contribution >= 0.6 is 0 Å². The summed E-state index contributed by atoms with van der Waals surface area (Å²) < 4.78 is 18.6. The summed E-state index contributed by atoms with van der Waals surface area (Å²) in [6.45, 7) is 1.81. The number of amides is 1. The summed E-state index contributed by atoms with van der Waals surface area (Å²) in [5.41, 5.74) is 2.16. The zero-order valence-electron chi connectivity index (χ0n) is 17.4. The molecule has 2 aromatic carbocycles. The first-order chi connectivity index (χ1) is 15.0. The van der Waals surface area contributed by atoms with Gasteiger partial charge in [0.1, 0.15) is 5.82 Å². The molecule has 160 valence electrons. The van der Waals surface area contributed by atoms with Gasteiger partial charge in [-0.05, 0) is 55.2 Å². The highest BCUT2D eigenvalue weighted by Gasteiger charge is 2.23. The van der Waals surface area contributed by atoms with Crippen molar-refractivity contribution in [2.75, 3.05) is 6.61 Å². The topological polar surface area (TPSA) is 68.3 Å². The lowest BCUT2D eigenvalue weighted by Crippen LogP contribution is -2.42. The summed E-state index contributed by atoms with van der Waals surface area (Å²) in [5.74, 6) is -0.795. The molecule has 0 radical (unpaired) electrons. The number of aromatic nitrogens is 1. The standard InChI is InChI=1S/C25H25FN2O3/c1-16-6-2-4-8-21(16)28-24(29)15-31-25(30)20-14-23(17-10-12-18(26)13-11-17)27-22-9-5-3-7-19(20)22/h3,5,7,9-14,16,21H,2,4,6,8,15H2,1H3,(H,28,29)/t16-,21-/m0/s1. The van der Waals surface area contributed by atoms with Gasteiger partial charge in [-0.1, -0.05) is 38.0 Å². The number of rotatable bonds is 5. The van der Waals surface area contributed by atoms with Gasteiger partial charge in [0.05, 0.1) is 16.8 Å². The molecule has 1 N–H and O–H groups in total. The summed E-state index contributed by atoms with van der Waals surface area (Å²) in [6, 6.07) is 14.9. The molecule has 1 aliphatic rings. The van der Waals surface area contributed by atoms with Crippen LogP contribution in [0, 0.1) is 11.7 Å². The number of benzene rings is 2. The number of nitrogens with zero attached hydrogens (tertiary/aromatic N) is 1. The molecule has 0 aliphatic heterocycles. The zero-order chi connectivity index (χ0) is 21.8. The van der Waals surface area contributed by atoms with Crippen molar-refractivity contribution in [3.8, 4) is 11.3 Å². The van der Waals surface area contributed by atoms with Gasteiger partial charge in [-0.15, -0.1) is 0 Å². The number of para-hydroxylation sites is 1. The van der Waals surface area contributed by atoms with Crippen LogP contribution in [0.3, 0.4) is 0 Å². The maximum atomic E-state index is 13.3. The Morgan fingerprint density at radius 1 is 1.10 bits per heavy atom. The molecular formula is C25H25FN2O3. The van der Waals surface area contributed by atoms with Gasteiger partial charge in [0.2, 0.25) is 0 Å². The van der Waals surface area contributed by atoms with Crippen molar-refractivity contribution in [1.29, 1.82) is 0 Å². The lowest BCUT2D eigenvalue weighted by Gasteiger charge is -2.29. The van der Waals surface area contributed by atoms with Gasteiger partial charge < -0.3 is 10.1 Å². The van der Waals surface area contributed by atoms with Gasteiger partial charge in [0, 0.05) is 17.0 Å². The number of ether oxygens (including phenoxy) is 1. The highest BCUT2D eigenvalue weighted by molar-refractivity contribution is 6.05. The molecular weight excluding hydrogens is 395 g/mol. The number of pyridine rings is 1. The molecule has 2 atom stereocenters. The van der Waals surface area contributed by atoms with Crippen LogP contribution in [0.1, 0.15) is 43.0 Å². The quantitative estimate of drug-likeness (QED) is 0.597. The van der Waals surface area contributed by atoms with Crippen LogP contribution in [0.25, 0.3) is 22.2 Å². The molecule has 1 aliphatic carbocycles. The molecule has 5 nitrogen and oxygen atoms in total. The lowest BCUT2D eigenvalue weighted by molar-refractivity contribution is -0.125. The highest BCUT2D eigenvalue weighted by atomic mass is 19.1. The Balaban J connectivity index is 1.52. The van der Waals surface area contributed by atoms with Crippen molar-refractivity contribution in [3.63, 3.8) is 0 Å². The van der Waals surface area contributed by atoms with Gasteiger partial charge >= 0.3 is 5.97 Å². The maximum Gasteiger partial charge on any atom is 0.339 e. The molecule has 1 aromatic heterocycles. The Morgan fingerprint density at radius 3 is 2.61 bits per heavy atom. The number of hydrogen-bond acceptors (Lipinski definition) is 4. The van der Waals surface area contributed by atoms with Gasteiger partial charge in [0.25, 0.3) is 5.91 Å². The number of nitrogens with one attached hydrogen (secondary N) is 1. The van der Waals surface area contributed by atoms with Gasteiger partial charge in [-0.3, -0.25) is 4.79 Å². The summed E-state index contributed by atoms with van der Waals surface area (Å²) in [5, 5.41) is 3.63. The lowest BCUT2D eigenvalue weighted by atomic mass is 9.86. The van der Waals surface area contributed by atoms with Crippen molar-refractivity contribution in [2.24, 2.45) is 5.92 Å². The second-order valence-electron chi connectivity index (χ2n) is 8.09. The Hall–Kier alpha value is -3.28. The van der Waals surface area contributed by atoms with Crippen molar-refractivity contribution in [3.05, 3.63) is 66.0 Å². The van der Waals surface area contributed by atoms with Crippen molar-refractivity contribution in [1.82, 2.24) is 10.3 Å². The average molecular weight is 420 g/mol. The van der Waals surface area contributed by atoms with E-state index in [9.17, 15) is 14.0 Å². The second-order valence-corrected chi connectivity index (χ2v) is 8.09. The molecule has 31 heavy (non-hydrogen) atoms. The van der Waals surface area contributed by atoms with Gasteiger partial charge in [-0.2, -0.15) is 0 Å². The van der Waals surface area contributed by atoms with Crippen LogP contribution < -0.4 is 5.32 Å². The van der Waals surface area contributed by atoms with Crippen LogP contribution in [0.4, 0.5) is 4.39 Å². The number of halogens is 1. The second kappa shape index (κ2) is 9.25. The summed E-state index contributed by atoms with van der Waals surface area (Å²) in [6.07, 6.45) is 4.34. The Labute approximate surface area is 180 Å². The molecule has 1 saturated carbocycles. The van der Waals surface area contributed by atoms with Crippen LogP contribution in [-0.4, -0.2) is 29.5 Å². The Morgan fingerprint density at radius 2 is 1.84 bits per heavy atom. The fraction of sp³-hybridized carbons (Fsp3) is 0.320. The Bertz CT molecular complexity index is 1100. The Kier molecular flexibility index (Phi) is 6.26. The van der Waals surface area contributed by atoms with Crippen molar-refractivity contribution >= 4 is 22.8 Å².